The van der Waals surface area contributed by atoms with Crippen molar-refractivity contribution in [1.29, 1.82) is 10.5 Å². The highest BCUT2D eigenvalue weighted by Crippen LogP contribution is 2.19. The Morgan fingerprint density at radius 1 is 1.00 bits per heavy atom. The molecule has 0 saturated carbocycles. The van der Waals surface area contributed by atoms with Crippen molar-refractivity contribution in [2.75, 3.05) is 0 Å². The van der Waals surface area contributed by atoms with Gasteiger partial charge in [0.25, 0.3) is 0 Å². The molecule has 0 aromatic carbocycles. The van der Waals surface area contributed by atoms with Gasteiger partial charge in [0.2, 0.25) is 0 Å². The van der Waals surface area contributed by atoms with E-state index in [0.29, 0.717) is 0 Å². The summed E-state index contributed by atoms with van der Waals surface area (Å²) in [6.45, 7) is 6.69. The van der Waals surface area contributed by atoms with Crippen LogP contribution in [0.5, 0.6) is 0 Å². The van der Waals surface area contributed by atoms with Crippen LogP contribution in [0, 0.1) is 22.7 Å². The lowest BCUT2D eigenvalue weighted by molar-refractivity contribution is 0.0851. The molecule has 0 rings (SSSR count). The summed E-state index contributed by atoms with van der Waals surface area (Å²) in [4.78, 5) is 0. The first-order chi connectivity index (χ1) is 5.28. The van der Waals surface area contributed by atoms with Gasteiger partial charge >= 0.3 is 0 Å². The molecule has 0 aliphatic heterocycles. The molecule has 12 heavy (non-hydrogen) atoms. The van der Waals surface area contributed by atoms with Crippen LogP contribution in [0.25, 0.3) is 0 Å². The van der Waals surface area contributed by atoms with Crippen molar-refractivity contribution in [2.24, 2.45) is 5.84 Å². The van der Waals surface area contributed by atoms with E-state index in [4.69, 9.17) is 16.4 Å². The average molecular weight is 166 g/mol. The minimum Gasteiger partial charge on any atom is -0.266 e. The Hall–Kier alpha value is -1.10. The lowest BCUT2D eigenvalue weighted by Crippen LogP contribution is -2.58. The molecule has 2 N–H and O–H groups in total. The van der Waals surface area contributed by atoms with Crippen LogP contribution in [-0.4, -0.2) is 16.1 Å². The first kappa shape index (κ1) is 10.9. The van der Waals surface area contributed by atoms with E-state index in [1.807, 2.05) is 12.1 Å². The van der Waals surface area contributed by atoms with Gasteiger partial charge in [-0.05, 0) is 27.7 Å². The number of hydrogen-bond acceptors (Lipinski definition) is 4. The summed E-state index contributed by atoms with van der Waals surface area (Å²) < 4.78 is 0. The molecule has 0 aromatic heterocycles. The summed E-state index contributed by atoms with van der Waals surface area (Å²) in [5, 5.41) is 18.7. The number of nitrogens with two attached hydrogens (primary N) is 1. The Morgan fingerprint density at radius 2 is 1.25 bits per heavy atom. The van der Waals surface area contributed by atoms with Crippen LogP contribution < -0.4 is 5.84 Å². The van der Waals surface area contributed by atoms with E-state index in [1.165, 1.54) is 5.01 Å². The van der Waals surface area contributed by atoms with Gasteiger partial charge in [0, 0.05) is 0 Å². The van der Waals surface area contributed by atoms with Gasteiger partial charge in [-0.25, -0.2) is 5.01 Å². The smallest absolute Gasteiger partial charge is 0.117 e. The maximum Gasteiger partial charge on any atom is 0.117 e. The molecule has 0 fully saturated rings. The van der Waals surface area contributed by atoms with Crippen molar-refractivity contribution < 1.29 is 0 Å². The normalized spacial score (nSPS) is 12.3. The molecular formula is C8H14N4. The third-order valence-electron chi connectivity index (χ3n) is 1.75. The Kier molecular flexibility index (Phi) is 2.82. The van der Waals surface area contributed by atoms with Gasteiger partial charge in [-0.3, -0.25) is 5.84 Å². The number of hydrogen-bond donors (Lipinski definition) is 1. The second-order valence-corrected chi connectivity index (χ2v) is 3.71. The van der Waals surface area contributed by atoms with Gasteiger partial charge < -0.3 is 0 Å². The maximum absolute atomic E-state index is 8.74. The second kappa shape index (κ2) is 3.10. The largest absolute Gasteiger partial charge is 0.266 e. The number of rotatable bonds is 2. The minimum absolute atomic E-state index is 0.820. The standard InChI is InChI=1S/C8H14N4/c1-7(2,5-9)12(11)8(3,4)6-10/h11H2,1-4H3. The summed E-state index contributed by atoms with van der Waals surface area (Å²) in [5.74, 6) is 5.64. The molecule has 4 nitrogen and oxygen atoms in total. The van der Waals surface area contributed by atoms with Gasteiger partial charge in [-0.2, -0.15) is 10.5 Å². The van der Waals surface area contributed by atoms with Crippen LogP contribution in [0.1, 0.15) is 27.7 Å². The van der Waals surface area contributed by atoms with Crippen molar-refractivity contribution >= 4 is 0 Å². The SMILES string of the molecule is CC(C)(C#N)N(N)C(C)(C)C#N. The Labute approximate surface area is 73.1 Å². The first-order valence-electron chi connectivity index (χ1n) is 3.65. The highest BCUT2D eigenvalue weighted by molar-refractivity contribution is 5.10. The molecule has 0 aliphatic carbocycles. The van der Waals surface area contributed by atoms with Gasteiger partial charge in [0.15, 0.2) is 0 Å². The monoisotopic (exact) mass is 166 g/mol. The lowest BCUT2D eigenvalue weighted by Gasteiger charge is -2.36. The lowest BCUT2D eigenvalue weighted by atomic mass is 9.98. The van der Waals surface area contributed by atoms with Gasteiger partial charge in [-0.1, -0.05) is 0 Å². The van der Waals surface area contributed by atoms with Gasteiger partial charge in [0.05, 0.1) is 12.1 Å². The van der Waals surface area contributed by atoms with E-state index in [2.05, 4.69) is 0 Å². The van der Waals surface area contributed by atoms with Crippen LogP contribution in [-0.2, 0) is 0 Å². The van der Waals surface area contributed by atoms with Gasteiger partial charge in [0.1, 0.15) is 11.1 Å². The molecule has 0 atom stereocenters. The summed E-state index contributed by atoms with van der Waals surface area (Å²) in [6, 6.07) is 4.06. The average Bonchev–Trinajstić information content (AvgIpc) is 2.03. The van der Waals surface area contributed by atoms with Crippen molar-refractivity contribution in [3.05, 3.63) is 0 Å². The molecule has 0 aliphatic rings. The fraction of sp³-hybridized carbons (Fsp3) is 0.750. The number of nitrogens with zero attached hydrogens (tertiary/aromatic N) is 3. The predicted octanol–water partition coefficient (Wildman–Crippen LogP) is 0.766. The van der Waals surface area contributed by atoms with Crippen LogP contribution in [0.4, 0.5) is 0 Å². The topological polar surface area (TPSA) is 76.8 Å². The van der Waals surface area contributed by atoms with Crippen molar-refractivity contribution in [1.82, 2.24) is 5.01 Å². The molecule has 0 spiro atoms. The fourth-order valence-corrected chi connectivity index (χ4v) is 0.807. The molecule has 0 saturated heterocycles. The van der Waals surface area contributed by atoms with Crippen LogP contribution in [0.2, 0.25) is 0 Å². The van der Waals surface area contributed by atoms with Crippen LogP contribution in [0.15, 0.2) is 0 Å². The molecule has 66 valence electrons. The quantitative estimate of drug-likeness (QED) is 0.485. The Morgan fingerprint density at radius 3 is 1.42 bits per heavy atom. The van der Waals surface area contributed by atoms with E-state index in [1.54, 1.807) is 27.7 Å². The maximum atomic E-state index is 8.74. The molecule has 0 bridgehead atoms. The van der Waals surface area contributed by atoms with E-state index >= 15 is 0 Å². The van der Waals surface area contributed by atoms with E-state index in [-0.39, 0.29) is 0 Å². The minimum atomic E-state index is -0.820. The third-order valence-corrected chi connectivity index (χ3v) is 1.75. The third kappa shape index (κ3) is 1.94. The second-order valence-electron chi connectivity index (χ2n) is 3.71. The van der Waals surface area contributed by atoms with Crippen molar-refractivity contribution in [3.8, 4) is 12.1 Å². The van der Waals surface area contributed by atoms with Gasteiger partial charge in [-0.15, -0.1) is 0 Å². The molecule has 0 amide bonds. The van der Waals surface area contributed by atoms with Crippen molar-refractivity contribution in [2.45, 2.75) is 38.8 Å². The molecule has 4 heteroatoms. The molecule has 0 unspecified atom stereocenters. The Balaban J connectivity index is 4.77. The summed E-state index contributed by atoms with van der Waals surface area (Å²) in [6.07, 6.45) is 0. The summed E-state index contributed by atoms with van der Waals surface area (Å²) in [5.41, 5.74) is -1.64. The summed E-state index contributed by atoms with van der Waals surface area (Å²) in [7, 11) is 0. The van der Waals surface area contributed by atoms with E-state index in [0.717, 1.165) is 0 Å². The summed E-state index contributed by atoms with van der Waals surface area (Å²) >= 11 is 0. The first-order valence-corrected chi connectivity index (χ1v) is 3.65. The zero-order valence-corrected chi connectivity index (χ0v) is 7.92. The zero-order valence-electron chi connectivity index (χ0n) is 7.92. The van der Waals surface area contributed by atoms with E-state index < -0.39 is 11.1 Å². The zero-order chi connectivity index (χ0) is 9.99. The highest BCUT2D eigenvalue weighted by Gasteiger charge is 2.35. The predicted molar refractivity (Wildman–Crippen MR) is 45.4 cm³/mol. The number of hydrazine groups is 1. The van der Waals surface area contributed by atoms with Crippen LogP contribution in [0.3, 0.4) is 0 Å². The van der Waals surface area contributed by atoms with Crippen molar-refractivity contribution in [3.63, 3.8) is 0 Å². The van der Waals surface area contributed by atoms with E-state index in [9.17, 15) is 0 Å². The molecule has 0 aromatic rings. The Bertz CT molecular complexity index is 215. The van der Waals surface area contributed by atoms with Crippen LogP contribution >= 0.6 is 0 Å². The highest BCUT2D eigenvalue weighted by atomic mass is 15.5. The fourth-order valence-electron chi connectivity index (χ4n) is 0.807. The molecule has 0 radical (unpaired) electrons. The molecular weight excluding hydrogens is 152 g/mol. The number of nitriles is 2. The molecule has 0 heterocycles.